The first-order chi connectivity index (χ1) is 16.0. The summed E-state index contributed by atoms with van der Waals surface area (Å²) in [6, 6.07) is 6.51. The van der Waals surface area contributed by atoms with Gasteiger partial charge in [0.05, 0.1) is 0 Å². The number of rotatable bonds is 11. The Morgan fingerprint density at radius 3 is 2.70 bits per heavy atom. The van der Waals surface area contributed by atoms with E-state index >= 15 is 0 Å². The van der Waals surface area contributed by atoms with Crippen LogP contribution in [0.25, 0.3) is 0 Å². The number of amides is 1. The number of hydrogen-bond acceptors (Lipinski definition) is 5. The zero-order valence-electron chi connectivity index (χ0n) is 19.7. The Hall–Kier alpha value is -2.19. The van der Waals surface area contributed by atoms with Crippen LogP contribution < -0.4 is 10.9 Å². The number of nitrogens with one attached hydrogen (secondary N) is 1. The van der Waals surface area contributed by atoms with Gasteiger partial charge in [0.25, 0.3) is 5.56 Å². The Morgan fingerprint density at radius 1 is 1.18 bits per heavy atom. The number of aromatic nitrogens is 2. The average molecular weight is 475 g/mol. The zero-order valence-corrected chi connectivity index (χ0v) is 20.6. The summed E-state index contributed by atoms with van der Waals surface area (Å²) < 4.78 is 15.5. The van der Waals surface area contributed by atoms with E-state index in [1.807, 2.05) is 0 Å². The summed E-state index contributed by atoms with van der Waals surface area (Å²) in [5, 5.41) is 3.67. The third kappa shape index (κ3) is 7.67. The monoisotopic (exact) mass is 474 g/mol. The molecule has 1 N–H and O–H groups in total. The van der Waals surface area contributed by atoms with E-state index in [-0.39, 0.29) is 23.7 Å². The second kappa shape index (κ2) is 12.9. The molecule has 33 heavy (non-hydrogen) atoms. The van der Waals surface area contributed by atoms with E-state index in [1.54, 1.807) is 36.7 Å². The molecule has 2 aromatic rings. The molecule has 1 saturated heterocycles. The van der Waals surface area contributed by atoms with Gasteiger partial charge in [-0.05, 0) is 57.3 Å². The van der Waals surface area contributed by atoms with Gasteiger partial charge in [0, 0.05) is 50.0 Å². The van der Waals surface area contributed by atoms with Crippen LogP contribution in [0.3, 0.4) is 0 Å². The maximum atomic E-state index is 14.0. The predicted octanol–water partition coefficient (Wildman–Crippen LogP) is 3.68. The van der Waals surface area contributed by atoms with E-state index in [0.717, 1.165) is 44.8 Å². The van der Waals surface area contributed by atoms with Crippen LogP contribution in [-0.2, 0) is 18.3 Å². The summed E-state index contributed by atoms with van der Waals surface area (Å²) in [7, 11) is 1.71. The van der Waals surface area contributed by atoms with Crippen LogP contribution in [0.2, 0.25) is 0 Å². The highest BCUT2D eigenvalue weighted by atomic mass is 32.2. The molecule has 3 rings (SSSR count). The molecule has 1 aliphatic rings. The molecule has 0 spiro atoms. The van der Waals surface area contributed by atoms with E-state index in [9.17, 15) is 14.0 Å². The summed E-state index contributed by atoms with van der Waals surface area (Å²) in [6.07, 6.45) is 6.28. The standard InChI is InChI=1S/C25H35FN4O2S/c1-19-21(18-20-10-4-5-11-22(20)26)24(32)29(2)25(28-19)33-17-9-6-12-23(31)27-13-16-30-14-7-3-8-15-30/h4-5,10-11H,3,6-9,12-18H2,1-2H3,(H,27,31). The van der Waals surface area contributed by atoms with Gasteiger partial charge in [-0.1, -0.05) is 36.4 Å². The minimum atomic E-state index is -0.312. The fraction of sp³-hybridized carbons (Fsp3) is 0.560. The summed E-state index contributed by atoms with van der Waals surface area (Å²) in [4.78, 5) is 31.9. The molecule has 6 nitrogen and oxygen atoms in total. The van der Waals surface area contributed by atoms with Crippen molar-refractivity contribution >= 4 is 17.7 Å². The summed E-state index contributed by atoms with van der Waals surface area (Å²) >= 11 is 1.52. The molecule has 8 heteroatoms. The van der Waals surface area contributed by atoms with Crippen LogP contribution in [0, 0.1) is 12.7 Å². The van der Waals surface area contributed by atoms with Gasteiger partial charge < -0.3 is 10.2 Å². The minimum absolute atomic E-state index is 0.107. The van der Waals surface area contributed by atoms with Crippen molar-refractivity contribution in [2.24, 2.45) is 7.05 Å². The van der Waals surface area contributed by atoms with Crippen molar-refractivity contribution in [3.8, 4) is 0 Å². The number of carbonyl (C=O) groups is 1. The molecule has 0 bridgehead atoms. The fourth-order valence-electron chi connectivity index (χ4n) is 4.07. The second-order valence-corrected chi connectivity index (χ2v) is 9.71. The van der Waals surface area contributed by atoms with Gasteiger partial charge in [-0.25, -0.2) is 9.37 Å². The van der Waals surface area contributed by atoms with Crippen molar-refractivity contribution in [1.29, 1.82) is 0 Å². The number of likely N-dealkylation sites (tertiary alicyclic amines) is 1. The molecular weight excluding hydrogens is 439 g/mol. The summed E-state index contributed by atoms with van der Waals surface area (Å²) in [5.41, 5.74) is 1.51. The first-order valence-electron chi connectivity index (χ1n) is 11.9. The number of carbonyl (C=O) groups excluding carboxylic acids is 1. The van der Waals surface area contributed by atoms with Crippen LogP contribution in [0.5, 0.6) is 0 Å². The minimum Gasteiger partial charge on any atom is -0.355 e. The van der Waals surface area contributed by atoms with Gasteiger partial charge in [0.1, 0.15) is 5.82 Å². The lowest BCUT2D eigenvalue weighted by atomic mass is 10.0. The lowest BCUT2D eigenvalue weighted by molar-refractivity contribution is -0.121. The number of unbranched alkanes of at least 4 members (excludes halogenated alkanes) is 1. The van der Waals surface area contributed by atoms with Gasteiger partial charge in [0.15, 0.2) is 5.16 Å². The highest BCUT2D eigenvalue weighted by Crippen LogP contribution is 2.19. The maximum absolute atomic E-state index is 14.0. The number of piperidine rings is 1. The maximum Gasteiger partial charge on any atom is 0.257 e. The number of halogens is 1. The number of thioether (sulfide) groups is 1. The van der Waals surface area contributed by atoms with Crippen molar-refractivity contribution < 1.29 is 9.18 Å². The van der Waals surface area contributed by atoms with Crippen molar-refractivity contribution in [2.45, 2.75) is 57.0 Å². The molecule has 1 aromatic heterocycles. The highest BCUT2D eigenvalue weighted by Gasteiger charge is 2.15. The Labute approximate surface area is 200 Å². The van der Waals surface area contributed by atoms with Gasteiger partial charge in [-0.3, -0.25) is 14.2 Å². The molecule has 1 amide bonds. The van der Waals surface area contributed by atoms with Crippen LogP contribution >= 0.6 is 11.8 Å². The van der Waals surface area contributed by atoms with Crippen molar-refractivity contribution in [1.82, 2.24) is 19.8 Å². The topological polar surface area (TPSA) is 67.2 Å². The molecule has 180 valence electrons. The number of benzene rings is 1. The van der Waals surface area contributed by atoms with Gasteiger partial charge in [-0.15, -0.1) is 0 Å². The summed E-state index contributed by atoms with van der Waals surface area (Å²) in [5.74, 6) is 0.580. The van der Waals surface area contributed by atoms with Crippen molar-refractivity contribution in [3.05, 3.63) is 57.3 Å². The van der Waals surface area contributed by atoms with E-state index in [0.29, 0.717) is 28.4 Å². The first-order valence-corrected chi connectivity index (χ1v) is 12.9. The van der Waals surface area contributed by atoms with E-state index < -0.39 is 0 Å². The van der Waals surface area contributed by atoms with E-state index in [1.165, 1.54) is 37.1 Å². The lowest BCUT2D eigenvalue weighted by Gasteiger charge is -2.26. The molecule has 1 aromatic carbocycles. The largest absolute Gasteiger partial charge is 0.355 e. The average Bonchev–Trinajstić information content (AvgIpc) is 2.81. The SMILES string of the molecule is Cc1nc(SCCCCC(=O)NCCN2CCCCC2)n(C)c(=O)c1Cc1ccccc1F. The third-order valence-electron chi connectivity index (χ3n) is 6.10. The Balaban J connectivity index is 1.40. The van der Waals surface area contributed by atoms with Crippen LogP contribution in [0.1, 0.15) is 55.3 Å². The van der Waals surface area contributed by atoms with Crippen molar-refractivity contribution in [2.75, 3.05) is 31.9 Å². The van der Waals surface area contributed by atoms with Crippen LogP contribution in [0.15, 0.2) is 34.2 Å². The predicted molar refractivity (Wildman–Crippen MR) is 131 cm³/mol. The molecule has 0 aliphatic carbocycles. The van der Waals surface area contributed by atoms with Gasteiger partial charge in [0.2, 0.25) is 5.91 Å². The number of hydrogen-bond donors (Lipinski definition) is 1. The molecule has 0 saturated carbocycles. The Morgan fingerprint density at radius 2 is 1.94 bits per heavy atom. The van der Waals surface area contributed by atoms with Crippen LogP contribution in [0.4, 0.5) is 4.39 Å². The summed E-state index contributed by atoms with van der Waals surface area (Å²) in [6.45, 7) is 5.75. The molecular formula is C25H35FN4O2S. The molecule has 1 aliphatic heterocycles. The fourth-order valence-corrected chi connectivity index (χ4v) is 5.08. The van der Waals surface area contributed by atoms with Crippen molar-refractivity contribution in [3.63, 3.8) is 0 Å². The second-order valence-electron chi connectivity index (χ2n) is 8.65. The van der Waals surface area contributed by atoms with Gasteiger partial charge in [-0.2, -0.15) is 0 Å². The van der Waals surface area contributed by atoms with Crippen LogP contribution in [-0.4, -0.2) is 52.3 Å². The van der Waals surface area contributed by atoms with Gasteiger partial charge >= 0.3 is 0 Å². The highest BCUT2D eigenvalue weighted by molar-refractivity contribution is 7.99. The number of aryl methyl sites for hydroxylation is 1. The quantitative estimate of drug-likeness (QED) is 0.306. The zero-order chi connectivity index (χ0) is 23.6. The molecule has 0 atom stereocenters. The normalized spacial score (nSPS) is 14.4. The van der Waals surface area contributed by atoms with E-state index in [4.69, 9.17) is 0 Å². The Kier molecular flexibility index (Phi) is 9.94. The molecule has 0 radical (unpaired) electrons. The third-order valence-corrected chi connectivity index (χ3v) is 7.22. The number of nitrogens with zero attached hydrogens (tertiary/aromatic N) is 3. The Bertz CT molecular complexity index is 989. The molecule has 2 heterocycles. The lowest BCUT2D eigenvalue weighted by Crippen LogP contribution is -2.37. The molecule has 1 fully saturated rings. The first kappa shape index (κ1) is 25.4. The smallest absolute Gasteiger partial charge is 0.257 e. The molecule has 0 unspecified atom stereocenters. The van der Waals surface area contributed by atoms with E-state index in [2.05, 4.69) is 15.2 Å².